The molecule has 3 atom stereocenters. The average Bonchev–Trinajstić information content (AvgIpc) is 2.74. The summed E-state index contributed by atoms with van der Waals surface area (Å²) >= 11 is 1.41. The molecule has 2 unspecified atom stereocenters. The molecule has 6 nitrogen and oxygen atoms in total. The highest BCUT2D eigenvalue weighted by Crippen LogP contribution is 2.50. The molecule has 0 bridgehead atoms. The molecule has 0 saturated carbocycles. The Morgan fingerprint density at radius 1 is 1.27 bits per heavy atom. The molecule has 2 heterocycles. The number of thioether (sulfide) groups is 1. The first-order valence-electron chi connectivity index (χ1n) is 6.91. The summed E-state index contributed by atoms with van der Waals surface area (Å²) in [6, 6.07) is 7.11. The molecule has 2 N–H and O–H groups in total. The highest BCUT2D eigenvalue weighted by Gasteiger charge is 2.64. The first-order valence-corrected chi connectivity index (χ1v) is 7.79. The molecule has 0 aromatic heterocycles. The molecule has 22 heavy (non-hydrogen) atoms. The van der Waals surface area contributed by atoms with E-state index in [1.54, 1.807) is 44.2 Å². The fourth-order valence-electron chi connectivity index (χ4n) is 2.96. The molecule has 1 aromatic rings. The van der Waals surface area contributed by atoms with Gasteiger partial charge in [-0.15, -0.1) is 11.8 Å². The Bertz CT molecular complexity index is 646. The van der Waals surface area contributed by atoms with Crippen molar-refractivity contribution in [3.63, 3.8) is 0 Å². The number of amides is 2. The fraction of sp³-hybridized carbons (Fsp3) is 0.400. The molecule has 2 aliphatic heterocycles. The minimum Gasteiger partial charge on any atom is -0.480 e. The SMILES string of the molecule is CC1(C)S[C@@H]2C(NC(=O)c3ccccc3)C(=O)N2C1C(=O)O. The van der Waals surface area contributed by atoms with Gasteiger partial charge in [0.25, 0.3) is 5.91 Å². The van der Waals surface area contributed by atoms with Crippen LogP contribution in [0.25, 0.3) is 0 Å². The number of aliphatic carboxylic acids is 1. The van der Waals surface area contributed by atoms with Crippen LogP contribution in [0.15, 0.2) is 30.3 Å². The Hall–Kier alpha value is -2.02. The van der Waals surface area contributed by atoms with Gasteiger partial charge in [-0.1, -0.05) is 18.2 Å². The number of carbonyl (C=O) groups excluding carboxylic acids is 2. The molecule has 0 aliphatic carbocycles. The van der Waals surface area contributed by atoms with Gasteiger partial charge in [0.1, 0.15) is 17.5 Å². The van der Waals surface area contributed by atoms with Crippen LogP contribution in [0.3, 0.4) is 0 Å². The highest BCUT2D eigenvalue weighted by molar-refractivity contribution is 8.01. The maximum Gasteiger partial charge on any atom is 0.327 e. The molecule has 0 radical (unpaired) electrons. The molecule has 2 saturated heterocycles. The first-order chi connectivity index (χ1) is 10.3. The third-order valence-corrected chi connectivity index (χ3v) is 5.57. The van der Waals surface area contributed by atoms with Gasteiger partial charge < -0.3 is 15.3 Å². The van der Waals surface area contributed by atoms with E-state index in [9.17, 15) is 19.5 Å². The van der Waals surface area contributed by atoms with E-state index < -0.39 is 22.8 Å². The predicted molar refractivity (Wildman–Crippen MR) is 81.4 cm³/mol. The number of fused-ring (bicyclic) bond motifs is 1. The van der Waals surface area contributed by atoms with Crippen molar-refractivity contribution in [2.75, 3.05) is 0 Å². The van der Waals surface area contributed by atoms with Gasteiger partial charge in [0.2, 0.25) is 5.91 Å². The van der Waals surface area contributed by atoms with E-state index in [0.717, 1.165) is 0 Å². The van der Waals surface area contributed by atoms with Crippen molar-refractivity contribution in [1.29, 1.82) is 0 Å². The van der Waals surface area contributed by atoms with Gasteiger partial charge in [0.15, 0.2) is 0 Å². The van der Waals surface area contributed by atoms with E-state index in [-0.39, 0.29) is 17.2 Å². The fourth-order valence-corrected chi connectivity index (χ4v) is 4.58. The smallest absolute Gasteiger partial charge is 0.327 e. The van der Waals surface area contributed by atoms with Gasteiger partial charge in [-0.2, -0.15) is 0 Å². The number of rotatable bonds is 3. The van der Waals surface area contributed by atoms with Crippen LogP contribution in [0, 0.1) is 0 Å². The number of benzene rings is 1. The summed E-state index contributed by atoms with van der Waals surface area (Å²) in [6.45, 7) is 3.61. The summed E-state index contributed by atoms with van der Waals surface area (Å²) in [5.41, 5.74) is 0.478. The quantitative estimate of drug-likeness (QED) is 0.809. The predicted octanol–water partition coefficient (Wildman–Crippen LogP) is 0.932. The third-order valence-electron chi connectivity index (χ3n) is 4.00. The molecule has 3 rings (SSSR count). The van der Waals surface area contributed by atoms with Crippen LogP contribution in [0.5, 0.6) is 0 Å². The maximum atomic E-state index is 12.2. The number of carboxylic acid groups (broad SMARTS) is 1. The molecule has 116 valence electrons. The monoisotopic (exact) mass is 320 g/mol. The number of nitrogens with one attached hydrogen (secondary N) is 1. The lowest BCUT2D eigenvalue weighted by Crippen LogP contribution is -2.70. The van der Waals surface area contributed by atoms with Crippen LogP contribution in [-0.4, -0.2) is 50.0 Å². The Morgan fingerprint density at radius 3 is 2.50 bits per heavy atom. The van der Waals surface area contributed by atoms with Crippen molar-refractivity contribution in [3.05, 3.63) is 35.9 Å². The van der Waals surface area contributed by atoms with E-state index in [2.05, 4.69) is 5.32 Å². The molecular weight excluding hydrogens is 304 g/mol. The van der Waals surface area contributed by atoms with E-state index in [1.807, 2.05) is 0 Å². The zero-order valence-corrected chi connectivity index (χ0v) is 13.0. The first kappa shape index (κ1) is 14.9. The van der Waals surface area contributed by atoms with Gasteiger partial charge in [0.05, 0.1) is 0 Å². The van der Waals surface area contributed by atoms with E-state index in [0.29, 0.717) is 5.56 Å². The summed E-state index contributed by atoms with van der Waals surface area (Å²) < 4.78 is -0.585. The molecule has 2 amide bonds. The molecule has 2 fully saturated rings. The minimum atomic E-state index is -1.01. The van der Waals surface area contributed by atoms with Crippen molar-refractivity contribution >= 4 is 29.5 Å². The second kappa shape index (κ2) is 5.01. The summed E-state index contributed by atoms with van der Waals surface area (Å²) in [5, 5.41) is 11.7. The number of carboxylic acids is 1. The lowest BCUT2D eigenvalue weighted by atomic mass is 9.96. The van der Waals surface area contributed by atoms with Crippen LogP contribution in [-0.2, 0) is 9.59 Å². The summed E-state index contributed by atoms with van der Waals surface area (Å²) in [6.07, 6.45) is 0. The van der Waals surface area contributed by atoms with Crippen LogP contribution < -0.4 is 5.32 Å². The molecule has 1 aromatic carbocycles. The lowest BCUT2D eigenvalue weighted by Gasteiger charge is -2.43. The van der Waals surface area contributed by atoms with Gasteiger partial charge >= 0.3 is 5.97 Å². The lowest BCUT2D eigenvalue weighted by molar-refractivity contribution is -0.159. The molecule has 0 spiro atoms. The molecule has 2 aliphatic rings. The highest BCUT2D eigenvalue weighted by atomic mass is 32.2. The topological polar surface area (TPSA) is 86.7 Å². The summed E-state index contributed by atoms with van der Waals surface area (Å²) in [4.78, 5) is 37.2. The van der Waals surface area contributed by atoms with Gasteiger partial charge in [-0.25, -0.2) is 4.79 Å². The van der Waals surface area contributed by atoms with Crippen molar-refractivity contribution < 1.29 is 19.5 Å². The van der Waals surface area contributed by atoms with E-state index >= 15 is 0 Å². The van der Waals surface area contributed by atoms with Crippen molar-refractivity contribution in [2.24, 2.45) is 0 Å². The second-order valence-corrected chi connectivity index (χ2v) is 7.69. The summed E-state index contributed by atoms with van der Waals surface area (Å²) in [5.74, 6) is -1.67. The van der Waals surface area contributed by atoms with Crippen LogP contribution in [0.1, 0.15) is 24.2 Å². The zero-order valence-electron chi connectivity index (χ0n) is 12.1. The van der Waals surface area contributed by atoms with E-state index in [1.165, 1.54) is 16.7 Å². The second-order valence-electron chi connectivity index (χ2n) is 5.92. The van der Waals surface area contributed by atoms with Crippen LogP contribution in [0.4, 0.5) is 0 Å². The Labute approximate surface area is 131 Å². The van der Waals surface area contributed by atoms with Crippen LogP contribution >= 0.6 is 11.8 Å². The number of carbonyl (C=O) groups is 3. The van der Waals surface area contributed by atoms with Crippen molar-refractivity contribution in [2.45, 2.75) is 36.1 Å². The standard InChI is InChI=1S/C15H16N2O4S/c1-15(2)10(14(20)21)17-12(19)9(13(17)22-15)16-11(18)8-6-4-3-5-7-8/h3-7,9-10,13H,1-2H3,(H,16,18)(H,20,21)/t9?,10?,13-/m1/s1. The Morgan fingerprint density at radius 2 is 1.91 bits per heavy atom. The minimum absolute atomic E-state index is 0.323. The van der Waals surface area contributed by atoms with Gasteiger partial charge in [-0.05, 0) is 26.0 Å². The summed E-state index contributed by atoms with van der Waals surface area (Å²) in [7, 11) is 0. The molecule has 7 heteroatoms. The van der Waals surface area contributed by atoms with Gasteiger partial charge in [0, 0.05) is 10.3 Å². The number of β-lactam (4-membered cyclic amide) rings is 1. The maximum absolute atomic E-state index is 12.2. The third kappa shape index (κ3) is 2.16. The number of nitrogens with zero attached hydrogens (tertiary/aromatic N) is 1. The Kier molecular flexibility index (Phi) is 3.40. The number of hydrogen-bond donors (Lipinski definition) is 2. The normalized spacial score (nSPS) is 28.7. The van der Waals surface area contributed by atoms with Crippen LogP contribution in [0.2, 0.25) is 0 Å². The zero-order chi connectivity index (χ0) is 16.1. The largest absolute Gasteiger partial charge is 0.480 e. The van der Waals surface area contributed by atoms with Crippen molar-refractivity contribution in [3.8, 4) is 0 Å². The Balaban J connectivity index is 1.76. The van der Waals surface area contributed by atoms with E-state index in [4.69, 9.17) is 0 Å². The van der Waals surface area contributed by atoms with Gasteiger partial charge in [-0.3, -0.25) is 9.59 Å². The number of hydrogen-bond acceptors (Lipinski definition) is 4. The van der Waals surface area contributed by atoms with Crippen molar-refractivity contribution in [1.82, 2.24) is 10.2 Å². The molecular formula is C15H16N2O4S. The average molecular weight is 320 g/mol.